The Bertz CT molecular complexity index is 896. The molecule has 9 heteroatoms. The van der Waals surface area contributed by atoms with Crippen LogP contribution in [0.3, 0.4) is 0 Å². The smallest absolute Gasteiger partial charge is 0.397 e. The van der Waals surface area contributed by atoms with Gasteiger partial charge in [-0.25, -0.2) is 14.8 Å². The lowest BCUT2D eigenvalue weighted by molar-refractivity contribution is -0.160. The van der Waals surface area contributed by atoms with Crippen LogP contribution in [-0.2, 0) is 14.3 Å². The summed E-state index contributed by atoms with van der Waals surface area (Å²) in [5.41, 5.74) is 1.68. The summed E-state index contributed by atoms with van der Waals surface area (Å²) < 4.78 is 15.5. The summed E-state index contributed by atoms with van der Waals surface area (Å²) in [7, 11) is 0. The van der Waals surface area contributed by atoms with Crippen LogP contribution in [0, 0.1) is 0 Å². The molecule has 2 aliphatic heterocycles. The molecule has 1 aromatic heterocycles. The van der Waals surface area contributed by atoms with Gasteiger partial charge >= 0.3 is 11.9 Å². The van der Waals surface area contributed by atoms with E-state index in [1.54, 1.807) is 13.1 Å². The lowest BCUT2D eigenvalue weighted by Gasteiger charge is -2.34. The highest BCUT2D eigenvalue weighted by Gasteiger charge is 2.28. The van der Waals surface area contributed by atoms with Crippen LogP contribution in [0.2, 0.25) is 0 Å². The van der Waals surface area contributed by atoms with Gasteiger partial charge in [0.25, 0.3) is 0 Å². The van der Waals surface area contributed by atoms with E-state index in [4.69, 9.17) is 14.2 Å². The quantitative estimate of drug-likeness (QED) is 0.573. The van der Waals surface area contributed by atoms with Crippen molar-refractivity contribution in [2.75, 3.05) is 44.5 Å². The van der Waals surface area contributed by atoms with Crippen LogP contribution in [0.5, 0.6) is 11.5 Å². The molecule has 146 valence electrons. The Kier molecular flexibility index (Phi) is 4.96. The number of amides is 1. The Morgan fingerprint density at radius 1 is 1.11 bits per heavy atom. The first-order chi connectivity index (χ1) is 13.7. The molecule has 9 nitrogen and oxygen atoms in total. The third kappa shape index (κ3) is 3.55. The molecule has 2 aliphatic rings. The minimum absolute atomic E-state index is 0.186. The number of nitrogens with zero attached hydrogens (tertiary/aromatic N) is 4. The van der Waals surface area contributed by atoms with Crippen molar-refractivity contribution in [3.63, 3.8) is 0 Å². The minimum Gasteiger partial charge on any atom is -0.459 e. The second kappa shape index (κ2) is 7.71. The predicted molar refractivity (Wildman–Crippen MR) is 99.0 cm³/mol. The zero-order valence-electron chi connectivity index (χ0n) is 15.5. The van der Waals surface area contributed by atoms with E-state index in [1.807, 2.05) is 29.2 Å². The molecule has 0 radical (unpaired) electrons. The van der Waals surface area contributed by atoms with Gasteiger partial charge in [-0.15, -0.1) is 0 Å². The van der Waals surface area contributed by atoms with E-state index < -0.39 is 11.9 Å². The molecule has 1 saturated heterocycles. The van der Waals surface area contributed by atoms with Crippen molar-refractivity contribution in [1.82, 2.24) is 14.9 Å². The maximum atomic E-state index is 12.0. The van der Waals surface area contributed by atoms with Crippen molar-refractivity contribution >= 4 is 17.8 Å². The van der Waals surface area contributed by atoms with Crippen LogP contribution in [0.1, 0.15) is 6.92 Å². The Morgan fingerprint density at radius 2 is 1.89 bits per heavy atom. The third-order valence-corrected chi connectivity index (χ3v) is 4.61. The highest BCUT2D eigenvalue weighted by molar-refractivity contribution is 6.32. The number of rotatable bonds is 3. The van der Waals surface area contributed by atoms with Gasteiger partial charge in [-0.2, -0.15) is 0 Å². The highest BCUT2D eigenvalue weighted by Crippen LogP contribution is 2.35. The van der Waals surface area contributed by atoms with E-state index in [1.165, 1.54) is 4.90 Å². The number of hydrogen-bond acceptors (Lipinski definition) is 8. The number of anilines is 1. The largest absolute Gasteiger partial charge is 0.459 e. The molecule has 0 bridgehead atoms. The number of fused-ring (bicyclic) bond motifs is 1. The fourth-order valence-corrected chi connectivity index (χ4v) is 3.15. The molecule has 0 aliphatic carbocycles. The van der Waals surface area contributed by atoms with Gasteiger partial charge < -0.3 is 24.0 Å². The third-order valence-electron chi connectivity index (χ3n) is 4.61. The van der Waals surface area contributed by atoms with Crippen LogP contribution < -0.4 is 14.4 Å². The van der Waals surface area contributed by atoms with E-state index in [2.05, 4.69) is 9.97 Å². The Labute approximate surface area is 161 Å². The van der Waals surface area contributed by atoms with Gasteiger partial charge in [-0.1, -0.05) is 0 Å². The maximum absolute atomic E-state index is 12.0. The maximum Gasteiger partial charge on any atom is 0.397 e. The molecular weight excluding hydrogens is 364 g/mol. The normalized spacial score (nSPS) is 15.5. The number of ether oxygens (including phenoxy) is 3. The average molecular weight is 384 g/mol. The Hall–Kier alpha value is -3.36. The topological polar surface area (TPSA) is 94.1 Å². The molecule has 4 rings (SSSR count). The number of aromatic nitrogens is 2. The van der Waals surface area contributed by atoms with Gasteiger partial charge in [-0.3, -0.25) is 4.79 Å². The molecule has 1 fully saturated rings. The molecule has 0 N–H and O–H groups in total. The summed E-state index contributed by atoms with van der Waals surface area (Å²) in [5, 5.41) is 0. The van der Waals surface area contributed by atoms with E-state index in [9.17, 15) is 9.59 Å². The molecule has 0 saturated carbocycles. The van der Waals surface area contributed by atoms with Crippen molar-refractivity contribution in [2.45, 2.75) is 6.92 Å². The average Bonchev–Trinajstić information content (AvgIpc) is 3.21. The summed E-state index contributed by atoms with van der Waals surface area (Å²) in [4.78, 5) is 36.1. The first-order valence-corrected chi connectivity index (χ1v) is 9.09. The van der Waals surface area contributed by atoms with Gasteiger partial charge in [0, 0.05) is 37.9 Å². The monoisotopic (exact) mass is 384 g/mol. The first kappa shape index (κ1) is 18.0. The molecule has 0 atom stereocenters. The standard InChI is InChI=1S/C19H20N4O5/c1-2-26-18(25)17(24)22-7-9-23(10-8-22)19-20-6-5-14(21-19)13-3-4-15-16(11-13)28-12-27-15/h3-6,11H,2,7-10,12H2,1H3. The van der Waals surface area contributed by atoms with Crippen LogP contribution in [0.15, 0.2) is 30.5 Å². The summed E-state index contributed by atoms with van der Waals surface area (Å²) >= 11 is 0. The van der Waals surface area contributed by atoms with E-state index >= 15 is 0 Å². The Morgan fingerprint density at radius 3 is 2.68 bits per heavy atom. The van der Waals surface area contributed by atoms with Crippen molar-refractivity contribution in [1.29, 1.82) is 0 Å². The summed E-state index contributed by atoms with van der Waals surface area (Å²) in [5.74, 6) is 0.594. The second-order valence-corrected chi connectivity index (χ2v) is 6.31. The first-order valence-electron chi connectivity index (χ1n) is 9.09. The van der Waals surface area contributed by atoms with Gasteiger partial charge in [-0.05, 0) is 31.2 Å². The number of carbonyl (C=O) groups is 2. The summed E-state index contributed by atoms with van der Waals surface area (Å²) in [6.07, 6.45) is 1.71. The number of benzene rings is 1. The van der Waals surface area contributed by atoms with E-state index in [0.29, 0.717) is 37.9 Å². The molecule has 1 amide bonds. The predicted octanol–water partition coefficient (Wildman–Crippen LogP) is 1.08. The molecular formula is C19H20N4O5. The van der Waals surface area contributed by atoms with Gasteiger partial charge in [0.2, 0.25) is 12.7 Å². The molecule has 2 aromatic rings. The van der Waals surface area contributed by atoms with Crippen molar-refractivity contribution < 1.29 is 23.8 Å². The Balaban J connectivity index is 1.44. The SMILES string of the molecule is CCOC(=O)C(=O)N1CCN(c2nccc(-c3ccc4c(c3)OCO4)n2)CC1. The van der Waals surface area contributed by atoms with Crippen LogP contribution in [0.25, 0.3) is 11.3 Å². The number of hydrogen-bond donors (Lipinski definition) is 0. The second-order valence-electron chi connectivity index (χ2n) is 6.31. The molecule has 1 aromatic carbocycles. The van der Waals surface area contributed by atoms with Crippen molar-refractivity contribution in [2.24, 2.45) is 0 Å². The van der Waals surface area contributed by atoms with Gasteiger partial charge in [0.15, 0.2) is 11.5 Å². The number of piperazine rings is 1. The van der Waals surface area contributed by atoms with Crippen LogP contribution >= 0.6 is 0 Å². The molecule has 3 heterocycles. The lowest BCUT2D eigenvalue weighted by atomic mass is 10.1. The minimum atomic E-state index is -0.808. The van der Waals surface area contributed by atoms with E-state index in [0.717, 1.165) is 17.0 Å². The van der Waals surface area contributed by atoms with Crippen LogP contribution in [0.4, 0.5) is 5.95 Å². The zero-order chi connectivity index (χ0) is 19.5. The van der Waals surface area contributed by atoms with Crippen molar-refractivity contribution in [3.05, 3.63) is 30.5 Å². The van der Waals surface area contributed by atoms with Crippen LogP contribution in [-0.4, -0.2) is 66.3 Å². The molecule has 0 spiro atoms. The zero-order valence-corrected chi connectivity index (χ0v) is 15.5. The summed E-state index contributed by atoms with van der Waals surface area (Å²) in [6, 6.07) is 7.51. The van der Waals surface area contributed by atoms with Gasteiger partial charge in [0.1, 0.15) is 0 Å². The fraction of sp³-hybridized carbons (Fsp3) is 0.368. The van der Waals surface area contributed by atoms with E-state index in [-0.39, 0.29) is 13.4 Å². The van der Waals surface area contributed by atoms with Gasteiger partial charge in [0.05, 0.1) is 12.3 Å². The highest BCUT2D eigenvalue weighted by atomic mass is 16.7. The fourth-order valence-electron chi connectivity index (χ4n) is 3.15. The number of esters is 1. The summed E-state index contributed by atoms with van der Waals surface area (Å²) in [6.45, 7) is 3.98. The molecule has 0 unspecified atom stereocenters. The van der Waals surface area contributed by atoms with Crippen molar-refractivity contribution in [3.8, 4) is 22.8 Å². The lowest BCUT2D eigenvalue weighted by Crippen LogP contribution is -2.51. The number of carbonyl (C=O) groups excluding carboxylic acids is 2. The molecule has 28 heavy (non-hydrogen) atoms.